The van der Waals surface area contributed by atoms with Crippen LogP contribution in [0.3, 0.4) is 0 Å². The summed E-state index contributed by atoms with van der Waals surface area (Å²) in [6.07, 6.45) is 1.90. The lowest BCUT2D eigenvalue weighted by molar-refractivity contribution is -0.113. The van der Waals surface area contributed by atoms with Crippen LogP contribution in [0.5, 0.6) is 11.5 Å². The fraction of sp³-hybridized carbons (Fsp3) is 0.296. The quantitative estimate of drug-likeness (QED) is 0.208. The van der Waals surface area contributed by atoms with Gasteiger partial charge in [-0.15, -0.1) is 11.3 Å². The van der Waals surface area contributed by atoms with E-state index in [0.29, 0.717) is 39.1 Å². The number of carbonyl (C=O) groups is 1. The molecule has 0 bridgehead atoms. The highest BCUT2D eigenvalue weighted by Gasteiger charge is 2.20. The Labute approximate surface area is 218 Å². The number of thioether (sulfide) groups is 1. The predicted molar refractivity (Wildman–Crippen MR) is 147 cm³/mol. The number of hydrogen-bond donors (Lipinski definition) is 1. The van der Waals surface area contributed by atoms with E-state index in [9.17, 15) is 9.59 Å². The van der Waals surface area contributed by atoms with Gasteiger partial charge in [0.2, 0.25) is 5.91 Å². The second-order valence-electron chi connectivity index (χ2n) is 8.11. The first kappa shape index (κ1) is 25.8. The molecule has 0 spiro atoms. The first-order chi connectivity index (χ1) is 17.4. The van der Waals surface area contributed by atoms with E-state index < -0.39 is 0 Å². The molecule has 0 aliphatic carbocycles. The molecule has 4 aromatic rings. The monoisotopic (exact) mass is 523 g/mol. The average Bonchev–Trinajstić information content (AvgIpc) is 3.19. The van der Waals surface area contributed by atoms with Crippen molar-refractivity contribution in [2.45, 2.75) is 38.8 Å². The van der Waals surface area contributed by atoms with Crippen LogP contribution < -0.4 is 20.3 Å². The molecular formula is C27H29N3O4S2. The minimum Gasteiger partial charge on any atom is -0.497 e. The molecule has 0 aliphatic heterocycles. The fourth-order valence-corrected chi connectivity index (χ4v) is 5.99. The maximum atomic E-state index is 13.8. The summed E-state index contributed by atoms with van der Waals surface area (Å²) in [5, 5.41) is 4.00. The molecule has 2 aromatic carbocycles. The number of amides is 1. The third-order valence-electron chi connectivity index (χ3n) is 5.62. The van der Waals surface area contributed by atoms with Crippen LogP contribution in [0.1, 0.15) is 30.7 Å². The zero-order valence-corrected chi connectivity index (χ0v) is 22.4. The Morgan fingerprint density at radius 2 is 1.78 bits per heavy atom. The van der Waals surface area contributed by atoms with E-state index in [-0.39, 0.29) is 17.2 Å². The normalized spacial score (nSPS) is 11.0. The number of ether oxygens (including phenoxy) is 2. The van der Waals surface area contributed by atoms with Gasteiger partial charge in [-0.3, -0.25) is 14.2 Å². The summed E-state index contributed by atoms with van der Waals surface area (Å²) in [5.74, 6) is 1.36. The second-order valence-corrected chi connectivity index (χ2v) is 10.1. The lowest BCUT2D eigenvalue weighted by Gasteiger charge is -2.13. The number of carbonyl (C=O) groups excluding carboxylic acids is 1. The number of aryl methyl sites for hydroxylation is 2. The number of nitrogens with zero attached hydrogens (tertiary/aromatic N) is 2. The predicted octanol–water partition coefficient (Wildman–Crippen LogP) is 5.85. The molecule has 0 saturated carbocycles. The summed E-state index contributed by atoms with van der Waals surface area (Å²) in [5.41, 5.74) is 2.21. The number of nitrogens with one attached hydrogen (secondary N) is 1. The third-order valence-corrected chi connectivity index (χ3v) is 7.81. The van der Waals surface area contributed by atoms with Crippen LogP contribution in [0.4, 0.5) is 5.69 Å². The van der Waals surface area contributed by atoms with E-state index in [0.717, 1.165) is 24.2 Å². The van der Waals surface area contributed by atoms with E-state index >= 15 is 0 Å². The highest BCUT2D eigenvalue weighted by atomic mass is 32.2. The van der Waals surface area contributed by atoms with Crippen LogP contribution in [0.25, 0.3) is 15.9 Å². The summed E-state index contributed by atoms with van der Waals surface area (Å²) in [6.45, 7) is 6.60. The number of fused-ring (bicyclic) bond motifs is 1. The summed E-state index contributed by atoms with van der Waals surface area (Å²) in [6, 6.07) is 14.5. The maximum Gasteiger partial charge on any atom is 0.267 e. The summed E-state index contributed by atoms with van der Waals surface area (Å²) in [7, 11) is 1.60. The molecule has 36 heavy (non-hydrogen) atoms. The smallest absolute Gasteiger partial charge is 0.267 e. The molecule has 7 nitrogen and oxygen atoms in total. The first-order valence-corrected chi connectivity index (χ1v) is 13.6. The Hall–Kier alpha value is -3.30. The molecule has 0 fully saturated rings. The van der Waals surface area contributed by atoms with Gasteiger partial charge in [0.1, 0.15) is 16.3 Å². The SMILES string of the molecule is CCCc1sc2nc(SCC(=O)Nc3ccc(OC)cc3)n(-c3ccc(OCC)cc3)c(=O)c2c1C. The molecule has 9 heteroatoms. The molecule has 0 aliphatic rings. The van der Waals surface area contributed by atoms with E-state index in [4.69, 9.17) is 14.5 Å². The third kappa shape index (κ3) is 5.57. The van der Waals surface area contributed by atoms with Crippen LogP contribution in [0, 0.1) is 6.92 Å². The minimum atomic E-state index is -0.188. The van der Waals surface area contributed by atoms with Crippen molar-refractivity contribution in [3.8, 4) is 17.2 Å². The van der Waals surface area contributed by atoms with Crippen LogP contribution in [-0.2, 0) is 11.2 Å². The molecule has 4 rings (SSSR count). The van der Waals surface area contributed by atoms with Crippen molar-refractivity contribution in [2.75, 3.05) is 24.8 Å². The molecule has 0 saturated heterocycles. The number of benzene rings is 2. The van der Waals surface area contributed by atoms with Crippen molar-refractivity contribution >= 4 is 44.9 Å². The Kier molecular flexibility index (Phi) is 8.32. The molecular weight excluding hydrogens is 494 g/mol. The second kappa shape index (κ2) is 11.6. The number of rotatable bonds is 10. The molecule has 1 N–H and O–H groups in total. The van der Waals surface area contributed by atoms with Gasteiger partial charge < -0.3 is 14.8 Å². The topological polar surface area (TPSA) is 82.4 Å². The van der Waals surface area contributed by atoms with Gasteiger partial charge >= 0.3 is 0 Å². The van der Waals surface area contributed by atoms with Crippen molar-refractivity contribution in [2.24, 2.45) is 0 Å². The van der Waals surface area contributed by atoms with Gasteiger partial charge in [-0.2, -0.15) is 0 Å². The Morgan fingerprint density at radius 1 is 1.08 bits per heavy atom. The zero-order valence-electron chi connectivity index (χ0n) is 20.8. The number of methoxy groups -OCH3 is 1. The standard InChI is InChI=1S/C27H29N3O4S2/c1-5-7-22-17(3)24-25(36-22)29-27(30(26(24)32)19-10-14-21(15-11-19)34-6-2)35-16-23(31)28-18-8-12-20(33-4)13-9-18/h8-15H,5-7,16H2,1-4H3,(H,28,31). The van der Waals surface area contributed by atoms with E-state index in [1.165, 1.54) is 16.6 Å². The van der Waals surface area contributed by atoms with Crippen LogP contribution in [0.2, 0.25) is 0 Å². The molecule has 188 valence electrons. The van der Waals surface area contributed by atoms with Gasteiger partial charge in [0.15, 0.2) is 5.16 Å². The van der Waals surface area contributed by atoms with Crippen molar-refractivity contribution in [3.05, 3.63) is 69.3 Å². The maximum absolute atomic E-state index is 13.8. The average molecular weight is 524 g/mol. The lowest BCUT2D eigenvalue weighted by atomic mass is 10.1. The van der Waals surface area contributed by atoms with Crippen molar-refractivity contribution in [3.63, 3.8) is 0 Å². The van der Waals surface area contributed by atoms with Gasteiger partial charge in [0.25, 0.3) is 5.56 Å². The van der Waals surface area contributed by atoms with Gasteiger partial charge in [0.05, 0.1) is 30.5 Å². The Morgan fingerprint density at radius 3 is 2.42 bits per heavy atom. The highest BCUT2D eigenvalue weighted by molar-refractivity contribution is 7.99. The molecule has 2 heterocycles. The van der Waals surface area contributed by atoms with Crippen molar-refractivity contribution < 1.29 is 14.3 Å². The number of anilines is 1. The number of hydrogen-bond acceptors (Lipinski definition) is 7. The Bertz CT molecular complexity index is 1410. The minimum absolute atomic E-state index is 0.104. The largest absolute Gasteiger partial charge is 0.497 e. The van der Waals surface area contributed by atoms with Crippen LogP contribution >= 0.6 is 23.1 Å². The van der Waals surface area contributed by atoms with Crippen LogP contribution in [-0.4, -0.2) is 34.9 Å². The molecule has 0 atom stereocenters. The van der Waals surface area contributed by atoms with Gasteiger partial charge in [-0.25, -0.2) is 4.98 Å². The van der Waals surface area contributed by atoms with Gasteiger partial charge in [-0.1, -0.05) is 25.1 Å². The molecule has 0 unspecified atom stereocenters. The van der Waals surface area contributed by atoms with Crippen LogP contribution in [0.15, 0.2) is 58.5 Å². The van der Waals surface area contributed by atoms with E-state index in [1.54, 1.807) is 47.3 Å². The first-order valence-electron chi connectivity index (χ1n) is 11.8. The zero-order chi connectivity index (χ0) is 25.7. The number of thiophene rings is 1. The summed E-state index contributed by atoms with van der Waals surface area (Å²) in [4.78, 5) is 33.2. The highest BCUT2D eigenvalue weighted by Crippen LogP contribution is 2.31. The van der Waals surface area contributed by atoms with E-state index in [1.807, 2.05) is 38.1 Å². The van der Waals surface area contributed by atoms with Gasteiger partial charge in [-0.05, 0) is 74.4 Å². The Balaban J connectivity index is 1.68. The molecule has 2 aromatic heterocycles. The lowest BCUT2D eigenvalue weighted by Crippen LogP contribution is -2.22. The van der Waals surface area contributed by atoms with Gasteiger partial charge in [0, 0.05) is 10.6 Å². The summed E-state index contributed by atoms with van der Waals surface area (Å²) < 4.78 is 12.3. The van der Waals surface area contributed by atoms with Crippen molar-refractivity contribution in [1.82, 2.24) is 9.55 Å². The van der Waals surface area contributed by atoms with E-state index in [2.05, 4.69) is 12.2 Å². The molecule has 0 radical (unpaired) electrons. The molecule has 1 amide bonds. The fourth-order valence-electron chi connectivity index (χ4n) is 3.86. The van der Waals surface area contributed by atoms with Crippen molar-refractivity contribution in [1.29, 1.82) is 0 Å². The number of aromatic nitrogens is 2. The summed E-state index contributed by atoms with van der Waals surface area (Å²) >= 11 is 2.80.